The fourth-order valence-corrected chi connectivity index (χ4v) is 6.61. The van der Waals surface area contributed by atoms with Gasteiger partial charge in [0.2, 0.25) is 0 Å². The van der Waals surface area contributed by atoms with Gasteiger partial charge in [0.25, 0.3) is 11.1 Å². The van der Waals surface area contributed by atoms with Gasteiger partial charge in [0.05, 0.1) is 0 Å². The number of nitrogens with one attached hydrogen (secondary N) is 4. The van der Waals surface area contributed by atoms with Crippen molar-refractivity contribution in [2.24, 2.45) is 0 Å². The summed E-state index contributed by atoms with van der Waals surface area (Å²) in [6.07, 6.45) is 7.75. The number of carbonyl (C=O) groups excluding carboxylic acids is 1. The zero-order chi connectivity index (χ0) is 38.9. The van der Waals surface area contributed by atoms with Gasteiger partial charge in [0.15, 0.2) is 11.1 Å². The summed E-state index contributed by atoms with van der Waals surface area (Å²) in [7, 11) is 0. The Labute approximate surface area is 311 Å². The van der Waals surface area contributed by atoms with Crippen LogP contribution in [-0.2, 0) is 27.4 Å². The second-order valence-corrected chi connectivity index (χ2v) is 12.4. The summed E-state index contributed by atoms with van der Waals surface area (Å²) in [6, 6.07) is 10.6. The largest absolute Gasteiger partial charge is 0.477 e. The molecule has 4 aromatic heterocycles. The van der Waals surface area contributed by atoms with Gasteiger partial charge in [-0.05, 0) is 39.8 Å². The van der Waals surface area contributed by atoms with E-state index < -0.39 is 17.5 Å². The summed E-state index contributed by atoms with van der Waals surface area (Å²) in [6.45, 7) is 12.9. The zero-order valence-corrected chi connectivity index (χ0v) is 31.1. The SMILES string of the molecule is C=CCOC(=O)C(C#N)=c1sc(=CNc2ccnc(NCC)c2)c(=O)n1CC.CCNc1cc(NC=c2sc(=C(C#N)C(=O)O)n(CC)c2=O)ccn1. The van der Waals surface area contributed by atoms with E-state index >= 15 is 0 Å². The van der Waals surface area contributed by atoms with Gasteiger partial charge in [-0.25, -0.2) is 19.6 Å². The van der Waals surface area contributed by atoms with Crippen LogP contribution >= 0.6 is 22.7 Å². The minimum atomic E-state index is -1.35. The second kappa shape index (κ2) is 20.4. The van der Waals surface area contributed by atoms with Crippen LogP contribution in [0.25, 0.3) is 23.5 Å². The Morgan fingerprint density at radius 1 is 0.849 bits per heavy atom. The van der Waals surface area contributed by atoms with Crippen molar-refractivity contribution in [3.05, 3.63) is 88.4 Å². The number of thiazole rings is 2. The summed E-state index contributed by atoms with van der Waals surface area (Å²) < 4.78 is 8.68. The first-order valence-corrected chi connectivity index (χ1v) is 17.8. The normalized spacial score (nSPS) is 12.3. The Hall–Kier alpha value is -6.50. The Kier molecular flexibility index (Phi) is 15.7. The molecule has 0 aromatic carbocycles. The first-order valence-electron chi connectivity index (χ1n) is 16.2. The minimum absolute atomic E-state index is 0.0115. The molecule has 0 amide bonds. The fourth-order valence-electron chi connectivity index (χ4n) is 4.45. The van der Waals surface area contributed by atoms with Gasteiger partial charge >= 0.3 is 11.9 Å². The van der Waals surface area contributed by atoms with Crippen molar-refractivity contribution in [2.75, 3.05) is 41.0 Å². The molecule has 0 fully saturated rings. The van der Waals surface area contributed by atoms with Crippen LogP contribution in [0.4, 0.5) is 23.0 Å². The molecule has 0 spiro atoms. The number of anilines is 4. The molecule has 53 heavy (non-hydrogen) atoms. The molecule has 0 aliphatic rings. The van der Waals surface area contributed by atoms with Crippen molar-refractivity contribution in [1.82, 2.24) is 19.1 Å². The molecule has 276 valence electrons. The number of esters is 1. The quantitative estimate of drug-likeness (QED) is 0.0905. The molecular formula is C35H38N10O6S2. The number of ether oxygens (including phenoxy) is 1. The predicted octanol–water partition coefficient (Wildman–Crippen LogP) is 1.38. The van der Waals surface area contributed by atoms with Gasteiger partial charge in [0.1, 0.15) is 48.8 Å². The number of carboxylic acids is 1. The molecule has 4 rings (SSSR count). The van der Waals surface area contributed by atoms with Crippen molar-refractivity contribution in [1.29, 1.82) is 10.5 Å². The third-order valence-corrected chi connectivity index (χ3v) is 9.09. The van der Waals surface area contributed by atoms with Gasteiger partial charge in [0, 0.05) is 74.5 Å². The van der Waals surface area contributed by atoms with Crippen molar-refractivity contribution in [3.8, 4) is 12.1 Å². The van der Waals surface area contributed by atoms with Crippen LogP contribution in [0.5, 0.6) is 0 Å². The summed E-state index contributed by atoms with van der Waals surface area (Å²) in [5, 5.41) is 39.8. The molecular weight excluding hydrogens is 721 g/mol. The lowest BCUT2D eigenvalue weighted by atomic mass is 10.3. The third kappa shape index (κ3) is 10.7. The number of nitriles is 2. The molecule has 0 saturated heterocycles. The highest BCUT2D eigenvalue weighted by Gasteiger charge is 2.17. The number of aliphatic carboxylic acids is 1. The number of carbonyl (C=O) groups is 2. The molecule has 4 heterocycles. The number of nitrogens with zero attached hydrogens (tertiary/aromatic N) is 6. The summed E-state index contributed by atoms with van der Waals surface area (Å²) >= 11 is 2.02. The van der Waals surface area contributed by atoms with E-state index in [9.17, 15) is 24.4 Å². The molecule has 5 N–H and O–H groups in total. The van der Waals surface area contributed by atoms with E-state index in [1.807, 2.05) is 26.0 Å². The van der Waals surface area contributed by atoms with E-state index in [0.717, 1.165) is 47.1 Å². The van der Waals surface area contributed by atoms with Crippen LogP contribution in [0, 0.1) is 22.7 Å². The van der Waals surface area contributed by atoms with Gasteiger partial charge in [-0.15, -0.1) is 22.7 Å². The maximum atomic E-state index is 12.7. The zero-order valence-electron chi connectivity index (χ0n) is 29.4. The second-order valence-electron chi connectivity index (χ2n) is 10.3. The van der Waals surface area contributed by atoms with E-state index in [0.29, 0.717) is 27.2 Å². The lowest BCUT2D eigenvalue weighted by molar-refractivity contribution is -0.135. The van der Waals surface area contributed by atoms with Gasteiger partial charge in [-0.3, -0.25) is 18.7 Å². The molecule has 0 bridgehead atoms. The lowest BCUT2D eigenvalue weighted by Crippen LogP contribution is -2.32. The van der Waals surface area contributed by atoms with Crippen LogP contribution in [0.15, 0.2) is 58.9 Å². The van der Waals surface area contributed by atoms with Crippen LogP contribution in [-0.4, -0.2) is 55.8 Å². The smallest absolute Gasteiger partial charge is 0.352 e. The van der Waals surface area contributed by atoms with E-state index in [2.05, 4.69) is 37.8 Å². The monoisotopic (exact) mass is 758 g/mol. The van der Waals surface area contributed by atoms with Crippen molar-refractivity contribution in [3.63, 3.8) is 0 Å². The molecule has 0 saturated carbocycles. The molecule has 18 heteroatoms. The summed E-state index contributed by atoms with van der Waals surface area (Å²) in [5.41, 5.74) is 0.195. The predicted molar refractivity (Wildman–Crippen MR) is 207 cm³/mol. The highest BCUT2D eigenvalue weighted by atomic mass is 32.1. The molecule has 0 unspecified atom stereocenters. The first-order chi connectivity index (χ1) is 25.6. The number of pyridine rings is 2. The average Bonchev–Trinajstić information content (AvgIpc) is 3.64. The maximum Gasteiger partial charge on any atom is 0.352 e. The standard InChI is InChI=1S/C19H21N5O3S.C16H17N5O3S/c1-4-9-27-19(26)14(11-20)18-24(6-3)17(25)15(28-18)12-23-13-7-8-22-16(10-13)21-5-2;1-3-18-13-7-10(5-6-19-13)20-9-12-14(22)21(4-2)15(25-12)11(8-17)16(23)24/h4,7-8,10,12H,1,5-6,9H2,2-3H3,(H2,21,22,23);5-7,9H,3-4H2,1-2H3,(H,23,24)(H2,18,19,20). The van der Waals surface area contributed by atoms with Gasteiger partial charge in [-0.2, -0.15) is 10.5 Å². The maximum absolute atomic E-state index is 12.7. The van der Waals surface area contributed by atoms with Crippen LogP contribution in [0.2, 0.25) is 0 Å². The lowest BCUT2D eigenvalue weighted by Gasteiger charge is -2.04. The van der Waals surface area contributed by atoms with Crippen molar-refractivity contribution < 1.29 is 19.4 Å². The van der Waals surface area contributed by atoms with Crippen LogP contribution in [0.1, 0.15) is 27.7 Å². The minimum Gasteiger partial charge on any atom is -0.477 e. The van der Waals surface area contributed by atoms with Crippen molar-refractivity contribution >= 4 is 81.2 Å². The van der Waals surface area contributed by atoms with Gasteiger partial charge in [-0.1, -0.05) is 12.7 Å². The van der Waals surface area contributed by atoms with Crippen molar-refractivity contribution in [2.45, 2.75) is 40.8 Å². The number of hydrogen-bond donors (Lipinski definition) is 5. The molecule has 0 atom stereocenters. The first kappa shape index (κ1) is 40.9. The number of hydrogen-bond acceptors (Lipinski definition) is 15. The molecule has 0 radical (unpaired) electrons. The van der Waals surface area contributed by atoms with E-state index in [1.165, 1.54) is 21.4 Å². The number of aromatic nitrogens is 4. The Morgan fingerprint density at radius 3 is 1.68 bits per heavy atom. The summed E-state index contributed by atoms with van der Waals surface area (Å²) in [4.78, 5) is 56.7. The number of carboxylic acid groups (broad SMARTS) is 1. The summed E-state index contributed by atoms with van der Waals surface area (Å²) in [5.74, 6) is -0.724. The Balaban J connectivity index is 0.000000287. The fraction of sp³-hybridized carbons (Fsp3) is 0.257. The van der Waals surface area contributed by atoms with E-state index in [1.54, 1.807) is 56.7 Å². The number of rotatable bonds is 14. The van der Waals surface area contributed by atoms with Gasteiger partial charge < -0.3 is 31.1 Å². The molecule has 16 nitrogen and oxygen atoms in total. The van der Waals surface area contributed by atoms with E-state index in [4.69, 9.17) is 15.1 Å². The Morgan fingerprint density at radius 2 is 1.30 bits per heavy atom. The third-order valence-electron chi connectivity index (χ3n) is 6.83. The average molecular weight is 759 g/mol. The van der Waals surface area contributed by atoms with Crippen LogP contribution in [0.3, 0.4) is 0 Å². The van der Waals surface area contributed by atoms with E-state index in [-0.39, 0.29) is 39.2 Å². The molecule has 0 aliphatic carbocycles. The van der Waals surface area contributed by atoms with Crippen LogP contribution < -0.4 is 50.8 Å². The highest BCUT2D eigenvalue weighted by Crippen LogP contribution is 2.12. The highest BCUT2D eigenvalue weighted by molar-refractivity contribution is 7.08. The molecule has 0 aliphatic heterocycles. The Bertz CT molecular complexity index is 2420. The topological polar surface area (TPSA) is 229 Å². The molecule has 4 aromatic rings.